The molecule has 1 amide bonds. The molecule has 0 rings (SSSR count). The van der Waals surface area contributed by atoms with Crippen LogP contribution in [0.2, 0.25) is 0 Å². The minimum Gasteiger partial charge on any atom is -0.379 e. The van der Waals surface area contributed by atoms with E-state index in [1.165, 1.54) is 0 Å². The topological polar surface area (TPSA) is 94.8 Å². The lowest BCUT2D eigenvalue weighted by atomic mass is 10.0. The molecule has 0 spiro atoms. The molecule has 26 heavy (non-hydrogen) atoms. The van der Waals surface area contributed by atoms with Crippen LogP contribution in [0.15, 0.2) is 0 Å². The van der Waals surface area contributed by atoms with Crippen LogP contribution in [0.3, 0.4) is 0 Å². The standard InChI is InChI=1S/C18H38FN3O4/c1-4-5-6-17(23)22-15-16(19)18(2,3)26-14-13-25-12-9-21-8-11-24-10-7-20/h16,21H,4-15,20H2,1-3H3,(H,22,23). The van der Waals surface area contributed by atoms with Gasteiger partial charge in [-0.15, -0.1) is 0 Å². The molecule has 4 N–H and O–H groups in total. The van der Waals surface area contributed by atoms with Gasteiger partial charge in [-0.3, -0.25) is 4.79 Å². The predicted octanol–water partition coefficient (Wildman–Crippen LogP) is 1.01. The maximum absolute atomic E-state index is 14.3. The Kier molecular flexibility index (Phi) is 15.9. The van der Waals surface area contributed by atoms with Crippen molar-refractivity contribution >= 4 is 5.91 Å². The Balaban J connectivity index is 3.62. The van der Waals surface area contributed by atoms with Crippen LogP contribution in [0.1, 0.15) is 40.0 Å². The van der Waals surface area contributed by atoms with Gasteiger partial charge in [0, 0.05) is 26.1 Å². The number of alkyl halides is 1. The molecular formula is C18H38FN3O4. The highest BCUT2D eigenvalue weighted by atomic mass is 19.1. The first-order valence-corrected chi connectivity index (χ1v) is 9.55. The number of carbonyl (C=O) groups is 1. The number of nitrogens with two attached hydrogens (primary N) is 1. The highest BCUT2D eigenvalue weighted by Gasteiger charge is 2.30. The first-order chi connectivity index (χ1) is 12.4. The Hall–Kier alpha value is -0.800. The highest BCUT2D eigenvalue weighted by molar-refractivity contribution is 5.75. The van der Waals surface area contributed by atoms with Crippen molar-refractivity contribution in [3.05, 3.63) is 0 Å². The summed E-state index contributed by atoms with van der Waals surface area (Å²) in [6.07, 6.45) is 0.919. The summed E-state index contributed by atoms with van der Waals surface area (Å²) in [5.74, 6) is -0.116. The molecule has 0 aliphatic carbocycles. The quantitative estimate of drug-likeness (QED) is 0.308. The van der Waals surface area contributed by atoms with Gasteiger partial charge in [0.2, 0.25) is 5.91 Å². The van der Waals surface area contributed by atoms with E-state index in [-0.39, 0.29) is 12.5 Å². The summed E-state index contributed by atoms with van der Waals surface area (Å²) < 4.78 is 30.5. The molecule has 156 valence electrons. The number of hydrogen-bond acceptors (Lipinski definition) is 6. The monoisotopic (exact) mass is 379 g/mol. The van der Waals surface area contributed by atoms with Gasteiger partial charge < -0.3 is 30.6 Å². The first kappa shape index (κ1) is 25.2. The van der Waals surface area contributed by atoms with E-state index >= 15 is 0 Å². The summed E-state index contributed by atoms with van der Waals surface area (Å²) >= 11 is 0. The molecule has 0 saturated carbocycles. The smallest absolute Gasteiger partial charge is 0.220 e. The maximum atomic E-state index is 14.3. The molecule has 0 bridgehead atoms. The van der Waals surface area contributed by atoms with Crippen LogP contribution in [0.25, 0.3) is 0 Å². The minimum atomic E-state index is -1.27. The van der Waals surface area contributed by atoms with Gasteiger partial charge in [-0.25, -0.2) is 4.39 Å². The molecule has 0 aromatic heterocycles. The summed E-state index contributed by atoms with van der Waals surface area (Å²) in [4.78, 5) is 11.5. The van der Waals surface area contributed by atoms with Gasteiger partial charge in [-0.2, -0.15) is 0 Å². The second-order valence-electron chi connectivity index (χ2n) is 6.59. The van der Waals surface area contributed by atoms with E-state index in [0.717, 1.165) is 19.4 Å². The summed E-state index contributed by atoms with van der Waals surface area (Å²) in [6, 6.07) is 0. The van der Waals surface area contributed by atoms with Crippen LogP contribution in [-0.2, 0) is 19.0 Å². The van der Waals surface area contributed by atoms with E-state index in [0.29, 0.717) is 52.5 Å². The van der Waals surface area contributed by atoms with Crippen molar-refractivity contribution in [1.82, 2.24) is 10.6 Å². The molecule has 0 saturated heterocycles. The van der Waals surface area contributed by atoms with Gasteiger partial charge in [0.25, 0.3) is 0 Å². The van der Waals surface area contributed by atoms with Gasteiger partial charge in [-0.05, 0) is 20.3 Å². The molecule has 0 aliphatic heterocycles. The molecule has 1 unspecified atom stereocenters. The first-order valence-electron chi connectivity index (χ1n) is 9.55. The summed E-state index contributed by atoms with van der Waals surface area (Å²) in [7, 11) is 0. The van der Waals surface area contributed by atoms with Crippen LogP contribution in [0, 0.1) is 0 Å². The van der Waals surface area contributed by atoms with E-state index in [1.807, 2.05) is 6.92 Å². The molecule has 8 heteroatoms. The number of unbranched alkanes of at least 4 members (excludes halogenated alkanes) is 1. The lowest BCUT2D eigenvalue weighted by Crippen LogP contribution is -2.44. The number of halogens is 1. The van der Waals surface area contributed by atoms with E-state index < -0.39 is 11.8 Å². The number of hydrogen-bond donors (Lipinski definition) is 3. The van der Waals surface area contributed by atoms with Gasteiger partial charge in [0.1, 0.15) is 6.17 Å². The predicted molar refractivity (Wildman–Crippen MR) is 101 cm³/mol. The van der Waals surface area contributed by atoms with E-state index in [4.69, 9.17) is 19.9 Å². The molecule has 0 aromatic carbocycles. The fourth-order valence-electron chi connectivity index (χ4n) is 2.03. The van der Waals surface area contributed by atoms with E-state index in [1.54, 1.807) is 13.8 Å². The molecule has 0 heterocycles. The fourth-order valence-corrected chi connectivity index (χ4v) is 2.03. The zero-order valence-electron chi connectivity index (χ0n) is 16.7. The van der Waals surface area contributed by atoms with Crippen LogP contribution in [-0.4, -0.2) is 76.9 Å². The fraction of sp³-hybridized carbons (Fsp3) is 0.944. The third kappa shape index (κ3) is 14.4. The molecule has 0 fully saturated rings. The summed E-state index contributed by atoms with van der Waals surface area (Å²) in [5.41, 5.74) is 4.34. The van der Waals surface area contributed by atoms with Crippen LogP contribution in [0.5, 0.6) is 0 Å². The van der Waals surface area contributed by atoms with E-state index in [9.17, 15) is 9.18 Å². The lowest BCUT2D eigenvalue weighted by Gasteiger charge is -2.29. The van der Waals surface area contributed by atoms with Gasteiger partial charge in [0.15, 0.2) is 0 Å². The van der Waals surface area contributed by atoms with Crippen LogP contribution in [0.4, 0.5) is 4.39 Å². The van der Waals surface area contributed by atoms with Crippen molar-refractivity contribution in [3.8, 4) is 0 Å². The Morgan fingerprint density at radius 3 is 2.38 bits per heavy atom. The van der Waals surface area contributed by atoms with Crippen LogP contribution >= 0.6 is 0 Å². The van der Waals surface area contributed by atoms with E-state index in [2.05, 4.69) is 10.6 Å². The minimum absolute atomic E-state index is 0.0352. The molecular weight excluding hydrogens is 341 g/mol. The largest absolute Gasteiger partial charge is 0.379 e. The van der Waals surface area contributed by atoms with Crippen molar-refractivity contribution < 1.29 is 23.4 Å². The Labute approximate surface area is 157 Å². The van der Waals surface area contributed by atoms with Crippen molar-refractivity contribution in [2.24, 2.45) is 5.73 Å². The Morgan fingerprint density at radius 2 is 1.77 bits per heavy atom. The van der Waals surface area contributed by atoms with Crippen molar-refractivity contribution in [2.45, 2.75) is 51.8 Å². The van der Waals surface area contributed by atoms with Gasteiger partial charge in [-0.1, -0.05) is 13.3 Å². The Bertz CT molecular complexity index is 346. The molecule has 7 nitrogen and oxygen atoms in total. The zero-order valence-corrected chi connectivity index (χ0v) is 16.7. The maximum Gasteiger partial charge on any atom is 0.220 e. The number of carbonyl (C=O) groups excluding carboxylic acids is 1. The number of ether oxygens (including phenoxy) is 3. The Morgan fingerprint density at radius 1 is 1.12 bits per heavy atom. The molecule has 0 aromatic rings. The van der Waals surface area contributed by atoms with Crippen molar-refractivity contribution in [2.75, 3.05) is 59.2 Å². The second-order valence-corrected chi connectivity index (χ2v) is 6.59. The number of nitrogens with one attached hydrogen (secondary N) is 2. The molecule has 0 radical (unpaired) electrons. The van der Waals surface area contributed by atoms with Crippen molar-refractivity contribution in [1.29, 1.82) is 0 Å². The SMILES string of the molecule is CCCCC(=O)NCC(F)C(C)(C)OCCOCCNCCOCCN. The lowest BCUT2D eigenvalue weighted by molar-refractivity contribution is -0.123. The molecule has 0 aliphatic rings. The normalized spacial score (nSPS) is 13.0. The highest BCUT2D eigenvalue weighted by Crippen LogP contribution is 2.17. The summed E-state index contributed by atoms with van der Waals surface area (Å²) in [5, 5.41) is 5.80. The summed E-state index contributed by atoms with van der Waals surface area (Å²) in [6.45, 7) is 9.77. The third-order valence-electron chi connectivity index (χ3n) is 3.80. The second kappa shape index (κ2) is 16.4. The van der Waals surface area contributed by atoms with Crippen LogP contribution < -0.4 is 16.4 Å². The average molecular weight is 380 g/mol. The number of amides is 1. The molecule has 1 atom stereocenters. The third-order valence-corrected chi connectivity index (χ3v) is 3.80. The van der Waals surface area contributed by atoms with Gasteiger partial charge >= 0.3 is 0 Å². The average Bonchev–Trinajstić information content (AvgIpc) is 2.62. The van der Waals surface area contributed by atoms with Crippen molar-refractivity contribution in [3.63, 3.8) is 0 Å². The van der Waals surface area contributed by atoms with Gasteiger partial charge in [0.05, 0.1) is 45.2 Å². The number of rotatable bonds is 18. The zero-order chi connectivity index (χ0) is 19.7.